The Bertz CT molecular complexity index is 937. The predicted molar refractivity (Wildman–Crippen MR) is 116 cm³/mol. The molecule has 2 fully saturated rings. The summed E-state index contributed by atoms with van der Waals surface area (Å²) < 4.78 is 1.90. The number of nitrogens with zero attached hydrogens (tertiary/aromatic N) is 3. The lowest BCUT2D eigenvalue weighted by atomic mass is 9.82. The monoisotopic (exact) mass is 439 g/mol. The summed E-state index contributed by atoms with van der Waals surface area (Å²) in [5, 5.41) is 0. The molecule has 2 atom stereocenters. The van der Waals surface area contributed by atoms with E-state index in [1.54, 1.807) is 12.4 Å². The second-order valence-electron chi connectivity index (χ2n) is 8.40. The zero-order chi connectivity index (χ0) is 18.6. The topological polar surface area (TPSA) is 97.0 Å². The van der Waals surface area contributed by atoms with Crippen LogP contribution in [0, 0.1) is 5.92 Å². The molecule has 3 N–H and O–H groups in total. The van der Waals surface area contributed by atoms with Gasteiger partial charge in [-0.05, 0) is 37.3 Å². The number of likely N-dealkylation sites (tertiary alicyclic amines) is 1. The van der Waals surface area contributed by atoms with E-state index in [1.165, 1.54) is 0 Å². The van der Waals surface area contributed by atoms with Crippen molar-refractivity contribution in [2.45, 2.75) is 50.1 Å². The Hall–Kier alpha value is -1.83. The van der Waals surface area contributed by atoms with E-state index in [9.17, 15) is 9.59 Å². The van der Waals surface area contributed by atoms with Crippen LogP contribution in [0.5, 0.6) is 0 Å². The summed E-state index contributed by atoms with van der Waals surface area (Å²) in [4.78, 5) is 35.3. The summed E-state index contributed by atoms with van der Waals surface area (Å²) in [6, 6.07) is 3.89. The summed E-state index contributed by atoms with van der Waals surface area (Å²) in [6.07, 6.45) is 8.07. The molecule has 2 aliphatic heterocycles. The smallest absolute Gasteiger partial charge is 0.261 e. The molecule has 0 unspecified atom stereocenters. The molecule has 1 saturated heterocycles. The molecule has 1 saturated carbocycles. The molecule has 0 aromatic carbocycles. The van der Waals surface area contributed by atoms with E-state index in [0.717, 1.165) is 37.8 Å². The first-order valence-electron chi connectivity index (χ1n) is 9.87. The third-order valence-corrected chi connectivity index (χ3v) is 6.57. The summed E-state index contributed by atoms with van der Waals surface area (Å²) >= 11 is 0. The molecule has 0 radical (unpaired) electrons. The molecule has 2 bridgehead atoms. The molecule has 7 nitrogen and oxygen atoms in total. The minimum Gasteiger partial charge on any atom is -0.344 e. The maximum atomic E-state index is 13.1. The molecule has 1 amide bonds. The van der Waals surface area contributed by atoms with Crippen molar-refractivity contribution in [2.24, 2.45) is 11.7 Å². The Morgan fingerprint density at radius 1 is 1.17 bits per heavy atom. The molecule has 4 heterocycles. The summed E-state index contributed by atoms with van der Waals surface area (Å²) in [5.74, 6) is 1.21. The standard InChI is InChI=1S/C20H25N5O2.2ClH/c21-20(5-1-2-6-20)19(27)24-10-13-9-14(12-24)16-4-3-15(17-22-7-8-23-17)18(26)25(16)11-13;;/h3-4,7-8,13-14H,1-2,5-6,9-12,21H2,(H,22,23);2*1H/t13-,14+;;/m0../s1. The number of imidazole rings is 1. The fourth-order valence-electron chi connectivity index (χ4n) is 5.24. The number of aromatic amines is 1. The lowest BCUT2D eigenvalue weighted by Crippen LogP contribution is -2.58. The maximum absolute atomic E-state index is 13.1. The van der Waals surface area contributed by atoms with E-state index >= 15 is 0 Å². The highest BCUT2D eigenvalue weighted by Gasteiger charge is 2.44. The quantitative estimate of drug-likeness (QED) is 0.749. The number of nitrogens with one attached hydrogen (secondary N) is 1. The molecule has 158 valence electrons. The predicted octanol–water partition coefficient (Wildman–Crippen LogP) is 2.30. The zero-order valence-corrected chi connectivity index (χ0v) is 17.8. The van der Waals surface area contributed by atoms with Crippen molar-refractivity contribution in [1.29, 1.82) is 0 Å². The minimum atomic E-state index is -0.672. The molecule has 2 aromatic heterocycles. The van der Waals surface area contributed by atoms with Gasteiger partial charge in [-0.1, -0.05) is 12.8 Å². The Kier molecular flexibility index (Phi) is 6.13. The number of aromatic nitrogens is 3. The van der Waals surface area contributed by atoms with Crippen LogP contribution in [0.4, 0.5) is 0 Å². The van der Waals surface area contributed by atoms with Crippen LogP contribution in [0.25, 0.3) is 11.4 Å². The molecule has 1 aliphatic carbocycles. The van der Waals surface area contributed by atoms with Crippen LogP contribution in [-0.2, 0) is 11.3 Å². The van der Waals surface area contributed by atoms with E-state index in [4.69, 9.17) is 5.73 Å². The van der Waals surface area contributed by atoms with Crippen molar-refractivity contribution >= 4 is 30.7 Å². The number of amides is 1. The number of halogens is 2. The first-order valence-corrected chi connectivity index (χ1v) is 9.87. The number of fused-ring (bicyclic) bond motifs is 4. The van der Waals surface area contributed by atoms with Crippen LogP contribution in [0.15, 0.2) is 29.3 Å². The lowest BCUT2D eigenvalue weighted by molar-refractivity contribution is -0.139. The zero-order valence-electron chi connectivity index (χ0n) is 16.2. The van der Waals surface area contributed by atoms with Crippen LogP contribution in [0.3, 0.4) is 0 Å². The maximum Gasteiger partial charge on any atom is 0.261 e. The Morgan fingerprint density at radius 3 is 2.62 bits per heavy atom. The number of carbonyl (C=O) groups is 1. The summed E-state index contributed by atoms with van der Waals surface area (Å²) in [7, 11) is 0. The number of piperidine rings is 1. The molecule has 5 rings (SSSR count). The first-order chi connectivity index (χ1) is 13.0. The van der Waals surface area contributed by atoms with Gasteiger partial charge >= 0.3 is 0 Å². The number of carbonyl (C=O) groups excluding carboxylic acids is 1. The van der Waals surface area contributed by atoms with Crippen molar-refractivity contribution in [2.75, 3.05) is 13.1 Å². The number of H-pyrrole nitrogens is 1. The van der Waals surface area contributed by atoms with E-state index in [-0.39, 0.29) is 42.2 Å². The SMILES string of the molecule is Cl.Cl.NC1(C(=O)N2C[C@@H]3C[C@H](C2)c2ccc(-c4ncc[nH]4)c(=O)n2C3)CCCC1. The van der Waals surface area contributed by atoms with Gasteiger partial charge in [-0.3, -0.25) is 9.59 Å². The highest BCUT2D eigenvalue weighted by molar-refractivity contribution is 5.86. The molecule has 9 heteroatoms. The van der Waals surface area contributed by atoms with Gasteiger partial charge in [0.25, 0.3) is 5.56 Å². The van der Waals surface area contributed by atoms with E-state index in [2.05, 4.69) is 9.97 Å². The van der Waals surface area contributed by atoms with Crippen LogP contribution in [0.1, 0.15) is 43.7 Å². The molecule has 3 aliphatic rings. The third kappa shape index (κ3) is 3.60. The number of hydrogen-bond donors (Lipinski definition) is 2. The Morgan fingerprint density at radius 2 is 1.93 bits per heavy atom. The lowest BCUT2D eigenvalue weighted by Gasteiger charge is -2.44. The van der Waals surface area contributed by atoms with Gasteiger partial charge in [0.15, 0.2) is 0 Å². The van der Waals surface area contributed by atoms with Crippen molar-refractivity contribution in [1.82, 2.24) is 19.4 Å². The number of rotatable bonds is 2. The fraction of sp³-hybridized carbons (Fsp3) is 0.550. The molecule has 0 spiro atoms. The van der Waals surface area contributed by atoms with Gasteiger partial charge in [0.1, 0.15) is 5.82 Å². The molecule has 29 heavy (non-hydrogen) atoms. The third-order valence-electron chi connectivity index (χ3n) is 6.57. The molecule has 2 aromatic rings. The van der Waals surface area contributed by atoms with Gasteiger partial charge in [0.05, 0.1) is 11.1 Å². The Balaban J connectivity index is 0.00000120. The molecular weight excluding hydrogens is 413 g/mol. The van der Waals surface area contributed by atoms with Crippen LogP contribution in [-0.4, -0.2) is 44.0 Å². The van der Waals surface area contributed by atoms with Crippen LogP contribution < -0.4 is 11.3 Å². The van der Waals surface area contributed by atoms with E-state index < -0.39 is 5.54 Å². The van der Waals surface area contributed by atoms with Gasteiger partial charge in [-0.15, -0.1) is 24.8 Å². The van der Waals surface area contributed by atoms with Gasteiger partial charge in [0, 0.05) is 43.6 Å². The average molecular weight is 440 g/mol. The summed E-state index contributed by atoms with van der Waals surface area (Å²) in [5.41, 5.74) is 7.38. The van der Waals surface area contributed by atoms with Gasteiger partial charge in [-0.25, -0.2) is 4.98 Å². The van der Waals surface area contributed by atoms with Crippen LogP contribution in [0.2, 0.25) is 0 Å². The summed E-state index contributed by atoms with van der Waals surface area (Å²) in [6.45, 7) is 2.01. The van der Waals surface area contributed by atoms with Crippen molar-refractivity contribution in [3.8, 4) is 11.4 Å². The van der Waals surface area contributed by atoms with Gasteiger partial charge in [-0.2, -0.15) is 0 Å². The number of pyridine rings is 1. The highest BCUT2D eigenvalue weighted by Crippen LogP contribution is 2.38. The molecular formula is C20H27Cl2N5O2. The fourth-order valence-corrected chi connectivity index (χ4v) is 5.24. The average Bonchev–Trinajstić information content (AvgIpc) is 3.34. The first kappa shape index (κ1) is 21.9. The van der Waals surface area contributed by atoms with Gasteiger partial charge < -0.3 is 20.2 Å². The number of hydrogen-bond acceptors (Lipinski definition) is 4. The second-order valence-corrected chi connectivity index (χ2v) is 8.40. The number of nitrogens with two attached hydrogens (primary N) is 1. The van der Waals surface area contributed by atoms with E-state index in [0.29, 0.717) is 36.9 Å². The highest BCUT2D eigenvalue weighted by atomic mass is 35.5. The second kappa shape index (κ2) is 8.13. The minimum absolute atomic E-state index is 0. The van der Waals surface area contributed by atoms with E-state index in [1.807, 2.05) is 21.6 Å². The van der Waals surface area contributed by atoms with Crippen molar-refractivity contribution in [3.05, 3.63) is 40.6 Å². The Labute approximate surface area is 181 Å². The normalized spacial score (nSPS) is 24.2. The van der Waals surface area contributed by atoms with Crippen LogP contribution >= 0.6 is 24.8 Å². The largest absolute Gasteiger partial charge is 0.344 e. The van der Waals surface area contributed by atoms with Crippen molar-refractivity contribution in [3.63, 3.8) is 0 Å². The van der Waals surface area contributed by atoms with Crippen molar-refractivity contribution < 1.29 is 4.79 Å². The van der Waals surface area contributed by atoms with Gasteiger partial charge in [0.2, 0.25) is 5.91 Å².